The lowest BCUT2D eigenvalue weighted by molar-refractivity contribution is -0.129. The van der Waals surface area contributed by atoms with Crippen LogP contribution in [0.4, 0.5) is 0 Å². The van der Waals surface area contributed by atoms with E-state index in [1.165, 1.54) is 12.8 Å². The summed E-state index contributed by atoms with van der Waals surface area (Å²) >= 11 is 0. The first-order chi connectivity index (χ1) is 7.59. The number of hydrogen-bond donors (Lipinski definition) is 1. The van der Waals surface area contributed by atoms with Crippen LogP contribution in [-0.2, 0) is 9.53 Å². The van der Waals surface area contributed by atoms with Gasteiger partial charge in [-0.2, -0.15) is 0 Å². The molecule has 1 aliphatic rings. The highest BCUT2D eigenvalue weighted by atomic mass is 16.5. The van der Waals surface area contributed by atoms with Crippen LogP contribution in [0.5, 0.6) is 0 Å². The van der Waals surface area contributed by atoms with Crippen molar-refractivity contribution in [2.45, 2.75) is 44.8 Å². The van der Waals surface area contributed by atoms with Crippen molar-refractivity contribution in [3.05, 3.63) is 0 Å². The summed E-state index contributed by atoms with van der Waals surface area (Å²) in [6.07, 6.45) is 4.44. The Labute approximate surface area is 98.3 Å². The van der Waals surface area contributed by atoms with Gasteiger partial charge < -0.3 is 15.0 Å². The Balaban J connectivity index is 2.05. The molecule has 0 aromatic heterocycles. The van der Waals surface area contributed by atoms with E-state index in [0.29, 0.717) is 12.5 Å². The van der Waals surface area contributed by atoms with Gasteiger partial charge in [0.25, 0.3) is 0 Å². The highest BCUT2D eigenvalue weighted by Crippen LogP contribution is 2.14. The zero-order valence-corrected chi connectivity index (χ0v) is 10.7. The van der Waals surface area contributed by atoms with E-state index in [1.54, 1.807) is 19.0 Å². The maximum absolute atomic E-state index is 11.4. The molecule has 0 aromatic rings. The van der Waals surface area contributed by atoms with E-state index in [2.05, 4.69) is 12.2 Å². The van der Waals surface area contributed by atoms with Crippen molar-refractivity contribution in [2.24, 2.45) is 0 Å². The molecule has 94 valence electrons. The molecule has 0 aliphatic carbocycles. The number of ether oxygens (including phenoxy) is 1. The van der Waals surface area contributed by atoms with Gasteiger partial charge in [0, 0.05) is 33.2 Å². The van der Waals surface area contributed by atoms with Gasteiger partial charge in [0.1, 0.15) is 0 Å². The first kappa shape index (κ1) is 13.5. The minimum atomic E-state index is 0.178. The monoisotopic (exact) mass is 228 g/mol. The average molecular weight is 228 g/mol. The van der Waals surface area contributed by atoms with Gasteiger partial charge in [0.15, 0.2) is 0 Å². The molecule has 4 heteroatoms. The summed E-state index contributed by atoms with van der Waals surface area (Å²) in [6, 6.07) is 0.247. The predicted octanol–water partition coefficient (Wildman–Crippen LogP) is 1.01. The van der Waals surface area contributed by atoms with E-state index >= 15 is 0 Å². The second-order valence-corrected chi connectivity index (χ2v) is 4.77. The molecular formula is C12H24N2O2. The lowest BCUT2D eigenvalue weighted by Gasteiger charge is -2.17. The summed E-state index contributed by atoms with van der Waals surface area (Å²) in [5, 5.41) is 3.37. The van der Waals surface area contributed by atoms with Gasteiger partial charge in [-0.05, 0) is 32.7 Å². The largest absolute Gasteiger partial charge is 0.378 e. The maximum atomic E-state index is 11.4. The SMILES string of the molecule is CC(CC(=O)N(C)C)NCCC1CCCO1. The third-order valence-corrected chi connectivity index (χ3v) is 2.96. The molecular weight excluding hydrogens is 204 g/mol. The highest BCUT2D eigenvalue weighted by molar-refractivity contribution is 5.76. The second-order valence-electron chi connectivity index (χ2n) is 4.77. The molecule has 1 aliphatic heterocycles. The Bertz CT molecular complexity index is 213. The second kappa shape index (κ2) is 6.86. The molecule has 4 nitrogen and oxygen atoms in total. The standard InChI is InChI=1S/C12H24N2O2/c1-10(9-12(15)14(2)3)13-7-6-11-5-4-8-16-11/h10-11,13H,4-9H2,1-3H3. The van der Waals surface area contributed by atoms with E-state index in [9.17, 15) is 4.79 Å². The summed E-state index contributed by atoms with van der Waals surface area (Å²) in [7, 11) is 3.59. The van der Waals surface area contributed by atoms with Gasteiger partial charge in [-0.3, -0.25) is 4.79 Å². The molecule has 2 atom stereocenters. The van der Waals surface area contributed by atoms with Crippen LogP contribution in [0.3, 0.4) is 0 Å². The van der Waals surface area contributed by atoms with Crippen LogP contribution in [0.2, 0.25) is 0 Å². The molecule has 16 heavy (non-hydrogen) atoms. The Kier molecular flexibility index (Phi) is 5.77. The number of amides is 1. The van der Waals surface area contributed by atoms with Crippen molar-refractivity contribution in [2.75, 3.05) is 27.2 Å². The Hall–Kier alpha value is -0.610. The number of carbonyl (C=O) groups excluding carboxylic acids is 1. The van der Waals surface area contributed by atoms with Crippen molar-refractivity contribution in [3.63, 3.8) is 0 Å². The number of nitrogens with one attached hydrogen (secondary N) is 1. The molecule has 1 rings (SSSR count). The zero-order valence-electron chi connectivity index (χ0n) is 10.7. The van der Waals surface area contributed by atoms with Crippen LogP contribution >= 0.6 is 0 Å². The summed E-state index contributed by atoms with van der Waals surface area (Å²) in [5.41, 5.74) is 0. The topological polar surface area (TPSA) is 41.6 Å². The third-order valence-electron chi connectivity index (χ3n) is 2.96. The van der Waals surface area contributed by atoms with Crippen LogP contribution in [0.1, 0.15) is 32.6 Å². The first-order valence-electron chi connectivity index (χ1n) is 6.14. The van der Waals surface area contributed by atoms with Crippen molar-refractivity contribution in [1.82, 2.24) is 10.2 Å². The highest BCUT2D eigenvalue weighted by Gasteiger charge is 2.15. The molecule has 0 saturated carbocycles. The van der Waals surface area contributed by atoms with E-state index < -0.39 is 0 Å². The normalized spacial score (nSPS) is 22.1. The molecule has 0 radical (unpaired) electrons. The molecule has 1 amide bonds. The van der Waals surface area contributed by atoms with E-state index in [0.717, 1.165) is 19.6 Å². The predicted molar refractivity (Wildman–Crippen MR) is 64.4 cm³/mol. The first-order valence-corrected chi connectivity index (χ1v) is 6.14. The number of carbonyl (C=O) groups is 1. The summed E-state index contributed by atoms with van der Waals surface area (Å²) in [5.74, 6) is 0.178. The van der Waals surface area contributed by atoms with Crippen molar-refractivity contribution in [3.8, 4) is 0 Å². The third kappa shape index (κ3) is 4.94. The van der Waals surface area contributed by atoms with Gasteiger partial charge in [-0.25, -0.2) is 0 Å². The summed E-state index contributed by atoms with van der Waals surface area (Å²) < 4.78 is 5.54. The van der Waals surface area contributed by atoms with Crippen LogP contribution in [0.25, 0.3) is 0 Å². The van der Waals surface area contributed by atoms with Gasteiger partial charge in [-0.1, -0.05) is 0 Å². The minimum Gasteiger partial charge on any atom is -0.378 e. The molecule has 0 spiro atoms. The Morgan fingerprint density at radius 2 is 2.31 bits per heavy atom. The van der Waals surface area contributed by atoms with Crippen molar-refractivity contribution >= 4 is 5.91 Å². The zero-order chi connectivity index (χ0) is 12.0. The Morgan fingerprint density at radius 1 is 1.56 bits per heavy atom. The van der Waals surface area contributed by atoms with Gasteiger partial charge in [-0.15, -0.1) is 0 Å². The van der Waals surface area contributed by atoms with Crippen LogP contribution in [-0.4, -0.2) is 50.2 Å². The fourth-order valence-corrected chi connectivity index (χ4v) is 1.88. The van der Waals surface area contributed by atoms with E-state index in [-0.39, 0.29) is 11.9 Å². The van der Waals surface area contributed by atoms with Gasteiger partial charge in [0.05, 0.1) is 6.10 Å². The lowest BCUT2D eigenvalue weighted by Crippen LogP contribution is -2.34. The van der Waals surface area contributed by atoms with Gasteiger partial charge >= 0.3 is 0 Å². The van der Waals surface area contributed by atoms with Crippen molar-refractivity contribution < 1.29 is 9.53 Å². The fraction of sp³-hybridized carbons (Fsp3) is 0.917. The molecule has 1 N–H and O–H groups in total. The molecule has 0 aromatic carbocycles. The molecule has 1 saturated heterocycles. The van der Waals surface area contributed by atoms with E-state index in [1.807, 2.05) is 0 Å². The molecule has 2 unspecified atom stereocenters. The summed E-state index contributed by atoms with van der Waals surface area (Å²) in [6.45, 7) is 3.91. The molecule has 1 heterocycles. The van der Waals surface area contributed by atoms with Crippen LogP contribution in [0, 0.1) is 0 Å². The van der Waals surface area contributed by atoms with Crippen LogP contribution in [0.15, 0.2) is 0 Å². The molecule has 1 fully saturated rings. The minimum absolute atomic E-state index is 0.178. The van der Waals surface area contributed by atoms with E-state index in [4.69, 9.17) is 4.74 Å². The molecule has 0 bridgehead atoms. The van der Waals surface area contributed by atoms with Crippen LogP contribution < -0.4 is 5.32 Å². The smallest absolute Gasteiger partial charge is 0.223 e. The summed E-state index contributed by atoms with van der Waals surface area (Å²) in [4.78, 5) is 13.1. The lowest BCUT2D eigenvalue weighted by atomic mass is 10.1. The maximum Gasteiger partial charge on any atom is 0.223 e. The Morgan fingerprint density at radius 3 is 2.88 bits per heavy atom. The average Bonchev–Trinajstić information content (AvgIpc) is 2.70. The quantitative estimate of drug-likeness (QED) is 0.738. The van der Waals surface area contributed by atoms with Gasteiger partial charge in [0.2, 0.25) is 5.91 Å². The number of nitrogens with zero attached hydrogens (tertiary/aromatic N) is 1. The van der Waals surface area contributed by atoms with Crippen molar-refractivity contribution in [1.29, 1.82) is 0 Å². The fourth-order valence-electron chi connectivity index (χ4n) is 1.88. The number of hydrogen-bond acceptors (Lipinski definition) is 3. The number of rotatable bonds is 6.